The minimum Gasteiger partial charge on any atom is -0.498 e. The van der Waals surface area contributed by atoms with Gasteiger partial charge < -0.3 is 4.32 Å². The summed E-state index contributed by atoms with van der Waals surface area (Å²) >= 11 is 0. The van der Waals surface area contributed by atoms with Crippen molar-refractivity contribution in [3.05, 3.63) is 91.0 Å². The molecular weight excluding hydrogens is 246 g/mol. The fraction of sp³-hybridized carbons (Fsp3) is 0. The van der Waals surface area contributed by atoms with Gasteiger partial charge in [-0.05, 0) is 0 Å². The van der Waals surface area contributed by atoms with Gasteiger partial charge in [-0.25, -0.2) is 0 Å². The molecule has 0 aliphatic carbocycles. The zero-order chi connectivity index (χ0) is 13.8. The molecule has 0 aromatic heterocycles. The van der Waals surface area contributed by atoms with E-state index in [2.05, 4.69) is 0 Å². The van der Waals surface area contributed by atoms with Crippen LogP contribution in [-0.4, -0.2) is 6.42 Å². The first-order valence-electron chi connectivity index (χ1n) is 6.82. The molecule has 0 fully saturated rings. The van der Waals surface area contributed by atoms with E-state index in [9.17, 15) is 0 Å². The third-order valence-electron chi connectivity index (χ3n) is 3.78. The Labute approximate surface area is 118 Å². The van der Waals surface area contributed by atoms with E-state index >= 15 is 4.32 Å². The van der Waals surface area contributed by atoms with Crippen LogP contribution in [0.4, 0.5) is 4.32 Å². The van der Waals surface area contributed by atoms with Crippen LogP contribution in [0, 0.1) is 0 Å². The number of hydrogen-bond acceptors (Lipinski definition) is 0. The summed E-state index contributed by atoms with van der Waals surface area (Å²) in [7, 11) is 0. The van der Waals surface area contributed by atoms with Crippen LogP contribution in [0.1, 0.15) is 0 Å². The molecule has 0 aliphatic rings. The molecule has 0 bridgehead atoms. The van der Waals surface area contributed by atoms with E-state index < -0.39 is 6.42 Å². The lowest BCUT2D eigenvalue weighted by atomic mass is 9.31. The average molecular weight is 261 g/mol. The van der Waals surface area contributed by atoms with E-state index in [0.29, 0.717) is 16.4 Å². The van der Waals surface area contributed by atoms with Gasteiger partial charge in [-0.2, -0.15) is 16.4 Å². The first kappa shape index (κ1) is 12.7. The molecule has 3 aromatic rings. The van der Waals surface area contributed by atoms with Crippen molar-refractivity contribution in [2.24, 2.45) is 0 Å². The predicted molar refractivity (Wildman–Crippen MR) is 85.1 cm³/mol. The Morgan fingerprint density at radius 3 is 0.950 bits per heavy atom. The molecule has 0 heterocycles. The lowest BCUT2D eigenvalue weighted by Gasteiger charge is -2.35. The Hall–Kier alpha value is -2.35. The standard InChI is InChI=1S/C18H15BF/c20-19(16-10-4-1-5-11-16,17-12-6-2-7-13-17)18-14-8-3-9-15-18/h1-15H/q-1. The van der Waals surface area contributed by atoms with Crippen LogP contribution in [0.5, 0.6) is 0 Å². The van der Waals surface area contributed by atoms with Crippen LogP contribution >= 0.6 is 0 Å². The molecule has 0 nitrogen and oxygen atoms in total. The highest BCUT2D eigenvalue weighted by atomic mass is 19.1. The summed E-state index contributed by atoms with van der Waals surface area (Å²) in [6.45, 7) is 0. The van der Waals surface area contributed by atoms with Crippen LogP contribution in [0.25, 0.3) is 0 Å². The summed E-state index contributed by atoms with van der Waals surface area (Å²) in [4.78, 5) is 0. The Bertz CT molecular complexity index is 569. The second-order valence-electron chi connectivity index (χ2n) is 4.99. The highest BCUT2D eigenvalue weighted by Crippen LogP contribution is 2.08. The summed E-state index contributed by atoms with van der Waals surface area (Å²) in [5, 5.41) is 0. The number of halogens is 1. The maximum Gasteiger partial charge on any atom is 0.234 e. The van der Waals surface area contributed by atoms with Crippen molar-refractivity contribution in [3.8, 4) is 0 Å². The molecule has 0 radical (unpaired) electrons. The molecule has 3 rings (SSSR count). The van der Waals surface area contributed by atoms with Gasteiger partial charge in [0.25, 0.3) is 0 Å². The third kappa shape index (κ3) is 2.14. The Balaban J connectivity index is 2.24. The fourth-order valence-corrected chi connectivity index (χ4v) is 2.73. The smallest absolute Gasteiger partial charge is 0.234 e. The molecule has 0 saturated heterocycles. The van der Waals surface area contributed by atoms with Gasteiger partial charge in [0.2, 0.25) is 6.42 Å². The van der Waals surface area contributed by atoms with Gasteiger partial charge in [0.05, 0.1) is 0 Å². The van der Waals surface area contributed by atoms with Crippen LogP contribution in [0.2, 0.25) is 0 Å². The van der Waals surface area contributed by atoms with Crippen LogP contribution in [-0.2, 0) is 0 Å². The second-order valence-corrected chi connectivity index (χ2v) is 4.99. The minimum atomic E-state index is -2.41. The highest BCUT2D eigenvalue weighted by molar-refractivity contribution is 7.06. The van der Waals surface area contributed by atoms with Crippen molar-refractivity contribution >= 4 is 22.8 Å². The Morgan fingerprint density at radius 1 is 0.450 bits per heavy atom. The molecule has 2 heteroatoms. The summed E-state index contributed by atoms with van der Waals surface area (Å²) in [5.41, 5.74) is 2.14. The third-order valence-corrected chi connectivity index (χ3v) is 3.78. The minimum absolute atomic E-state index is 0.713. The van der Waals surface area contributed by atoms with Crippen molar-refractivity contribution < 1.29 is 4.32 Å². The van der Waals surface area contributed by atoms with E-state index in [-0.39, 0.29) is 0 Å². The zero-order valence-electron chi connectivity index (χ0n) is 11.1. The zero-order valence-corrected chi connectivity index (χ0v) is 11.1. The summed E-state index contributed by atoms with van der Waals surface area (Å²) in [5.74, 6) is 0. The van der Waals surface area contributed by atoms with E-state index in [4.69, 9.17) is 0 Å². The van der Waals surface area contributed by atoms with E-state index in [0.717, 1.165) is 0 Å². The van der Waals surface area contributed by atoms with E-state index in [1.54, 1.807) is 0 Å². The number of benzene rings is 3. The second kappa shape index (κ2) is 5.34. The van der Waals surface area contributed by atoms with Gasteiger partial charge in [0.15, 0.2) is 0 Å². The average Bonchev–Trinajstić information content (AvgIpc) is 2.56. The van der Waals surface area contributed by atoms with Gasteiger partial charge in [0, 0.05) is 0 Å². The monoisotopic (exact) mass is 261 g/mol. The van der Waals surface area contributed by atoms with Gasteiger partial charge in [-0.1, -0.05) is 91.0 Å². The number of rotatable bonds is 3. The van der Waals surface area contributed by atoms with Crippen molar-refractivity contribution in [1.29, 1.82) is 0 Å². The molecule has 0 aliphatic heterocycles. The largest absolute Gasteiger partial charge is 0.498 e. The molecule has 0 amide bonds. The molecule has 0 saturated carbocycles. The maximum atomic E-state index is 16.1. The van der Waals surface area contributed by atoms with Gasteiger partial charge in [-0.3, -0.25) is 0 Å². The Morgan fingerprint density at radius 2 is 0.700 bits per heavy atom. The molecule has 0 N–H and O–H groups in total. The summed E-state index contributed by atoms with van der Waals surface area (Å²) in [6, 6.07) is 28.2. The lowest BCUT2D eigenvalue weighted by Crippen LogP contribution is -2.63. The van der Waals surface area contributed by atoms with Crippen LogP contribution < -0.4 is 16.4 Å². The van der Waals surface area contributed by atoms with Crippen molar-refractivity contribution in [1.82, 2.24) is 0 Å². The fourth-order valence-electron chi connectivity index (χ4n) is 2.73. The van der Waals surface area contributed by atoms with Crippen molar-refractivity contribution in [3.63, 3.8) is 0 Å². The molecule has 98 valence electrons. The van der Waals surface area contributed by atoms with Gasteiger partial charge in [0.1, 0.15) is 0 Å². The number of hydrogen-bond donors (Lipinski definition) is 0. The van der Waals surface area contributed by atoms with E-state index in [1.807, 2.05) is 91.0 Å². The SMILES string of the molecule is F[B-](c1ccccc1)(c1ccccc1)c1ccccc1. The molecule has 20 heavy (non-hydrogen) atoms. The quantitative estimate of drug-likeness (QED) is 0.636. The van der Waals surface area contributed by atoms with Gasteiger partial charge >= 0.3 is 0 Å². The van der Waals surface area contributed by atoms with Crippen molar-refractivity contribution in [2.45, 2.75) is 0 Å². The molecule has 3 aromatic carbocycles. The normalized spacial score (nSPS) is 11.2. The molecule has 0 spiro atoms. The first-order valence-corrected chi connectivity index (χ1v) is 6.82. The predicted octanol–water partition coefficient (Wildman–Crippen LogP) is 2.62. The first-order chi connectivity index (χ1) is 9.82. The molecule has 0 atom stereocenters. The topological polar surface area (TPSA) is 0 Å². The van der Waals surface area contributed by atoms with Crippen LogP contribution in [0.15, 0.2) is 91.0 Å². The highest BCUT2D eigenvalue weighted by Gasteiger charge is 2.29. The van der Waals surface area contributed by atoms with Crippen molar-refractivity contribution in [2.75, 3.05) is 0 Å². The van der Waals surface area contributed by atoms with Gasteiger partial charge in [-0.15, -0.1) is 0 Å². The summed E-state index contributed by atoms with van der Waals surface area (Å²) < 4.78 is 16.1. The lowest BCUT2D eigenvalue weighted by molar-refractivity contribution is 0.842. The van der Waals surface area contributed by atoms with E-state index in [1.165, 1.54) is 0 Å². The maximum absolute atomic E-state index is 16.1. The van der Waals surface area contributed by atoms with Crippen LogP contribution in [0.3, 0.4) is 0 Å². The summed E-state index contributed by atoms with van der Waals surface area (Å²) in [6.07, 6.45) is -2.41. The molecule has 0 unspecified atom stereocenters. The Kier molecular flexibility index (Phi) is 3.38. The molecular formula is C18H15BF-.